The summed E-state index contributed by atoms with van der Waals surface area (Å²) >= 11 is 0. The van der Waals surface area contributed by atoms with E-state index in [1.165, 1.54) is 24.8 Å². The molecule has 0 aliphatic carbocycles. The number of aromatic nitrogens is 1. The predicted molar refractivity (Wildman–Crippen MR) is 62.9 cm³/mol. The number of nitrogens with one attached hydrogen (secondary N) is 1. The number of carboxylic acids is 1. The summed E-state index contributed by atoms with van der Waals surface area (Å²) in [6.45, 7) is 1.86. The van der Waals surface area contributed by atoms with Crippen LogP contribution in [0.4, 0.5) is 0 Å². The van der Waals surface area contributed by atoms with E-state index in [9.17, 15) is 14.4 Å². The van der Waals surface area contributed by atoms with Gasteiger partial charge >= 0.3 is 5.97 Å². The lowest BCUT2D eigenvalue weighted by molar-refractivity contribution is -0.118. The summed E-state index contributed by atoms with van der Waals surface area (Å²) in [4.78, 5) is 33.1. The number of ether oxygens (including phenoxy) is 1. The lowest BCUT2D eigenvalue weighted by Crippen LogP contribution is -2.27. The fourth-order valence-electron chi connectivity index (χ4n) is 1.43. The monoisotopic (exact) mass is 254 g/mol. The highest BCUT2D eigenvalue weighted by atomic mass is 16.5. The topological polar surface area (TPSA) is 97.6 Å². The largest absolute Gasteiger partial charge is 0.491 e. The van der Waals surface area contributed by atoms with Gasteiger partial charge in [-0.3, -0.25) is 9.59 Å². The van der Waals surface area contributed by atoms with Gasteiger partial charge in [-0.2, -0.15) is 0 Å². The summed E-state index contributed by atoms with van der Waals surface area (Å²) in [5.74, 6) is -1.36. The Balaban J connectivity index is 3.02. The Morgan fingerprint density at radius 3 is 2.67 bits per heavy atom. The molecule has 0 fully saturated rings. The molecule has 1 heterocycles. The molecule has 0 unspecified atom stereocenters. The van der Waals surface area contributed by atoms with Gasteiger partial charge < -0.3 is 19.7 Å². The van der Waals surface area contributed by atoms with Gasteiger partial charge in [0.1, 0.15) is 5.69 Å². The van der Waals surface area contributed by atoms with Crippen LogP contribution in [0.3, 0.4) is 0 Å². The zero-order valence-corrected chi connectivity index (χ0v) is 10.1. The maximum absolute atomic E-state index is 11.4. The molecule has 0 aliphatic rings. The second-order valence-corrected chi connectivity index (χ2v) is 3.57. The number of carbonyl (C=O) groups excluding carboxylic acids is 1. The van der Waals surface area contributed by atoms with E-state index >= 15 is 0 Å². The summed E-state index contributed by atoms with van der Waals surface area (Å²) in [5, 5.41) is 11.5. The SMILES string of the molecule is COc1cn(CCNC(C)=O)c(C(=O)O)cc1=O. The zero-order chi connectivity index (χ0) is 13.7. The first-order chi connectivity index (χ1) is 8.45. The van der Waals surface area contributed by atoms with Crippen LogP contribution >= 0.6 is 0 Å². The number of aromatic carboxylic acids is 1. The van der Waals surface area contributed by atoms with Crippen LogP contribution in [0.15, 0.2) is 17.1 Å². The van der Waals surface area contributed by atoms with Crippen LogP contribution in [0, 0.1) is 0 Å². The van der Waals surface area contributed by atoms with Crippen molar-refractivity contribution in [3.05, 3.63) is 28.2 Å². The summed E-state index contributed by atoms with van der Waals surface area (Å²) in [5.41, 5.74) is -0.642. The maximum Gasteiger partial charge on any atom is 0.352 e. The van der Waals surface area contributed by atoms with Crippen molar-refractivity contribution in [3.8, 4) is 5.75 Å². The van der Waals surface area contributed by atoms with Gasteiger partial charge in [0.05, 0.1) is 13.3 Å². The Morgan fingerprint density at radius 1 is 1.50 bits per heavy atom. The second-order valence-electron chi connectivity index (χ2n) is 3.57. The molecular weight excluding hydrogens is 240 g/mol. The maximum atomic E-state index is 11.4. The average molecular weight is 254 g/mol. The van der Waals surface area contributed by atoms with Crippen LogP contribution in [-0.2, 0) is 11.3 Å². The molecule has 0 saturated heterocycles. The molecular formula is C11H14N2O5. The zero-order valence-electron chi connectivity index (χ0n) is 10.1. The van der Waals surface area contributed by atoms with Crippen LogP contribution in [0.2, 0.25) is 0 Å². The molecule has 98 valence electrons. The highest BCUT2D eigenvalue weighted by Gasteiger charge is 2.12. The minimum absolute atomic E-state index is 0.0582. The quantitative estimate of drug-likeness (QED) is 0.751. The van der Waals surface area contributed by atoms with Crippen LogP contribution in [-0.4, -0.2) is 35.2 Å². The number of pyridine rings is 1. The third kappa shape index (κ3) is 3.34. The van der Waals surface area contributed by atoms with Gasteiger partial charge in [0.2, 0.25) is 11.3 Å². The number of methoxy groups -OCH3 is 1. The Morgan fingerprint density at radius 2 is 2.17 bits per heavy atom. The molecule has 0 radical (unpaired) electrons. The fourth-order valence-corrected chi connectivity index (χ4v) is 1.43. The Hall–Kier alpha value is -2.31. The second kappa shape index (κ2) is 5.85. The third-order valence-electron chi connectivity index (χ3n) is 2.26. The highest BCUT2D eigenvalue weighted by molar-refractivity contribution is 5.85. The minimum atomic E-state index is -1.21. The number of hydrogen-bond donors (Lipinski definition) is 2. The van der Waals surface area contributed by atoms with Gasteiger partial charge in [0, 0.05) is 26.1 Å². The first-order valence-electron chi connectivity index (χ1n) is 5.22. The molecule has 7 nitrogen and oxygen atoms in total. The Bertz CT molecular complexity index is 521. The molecule has 0 saturated carbocycles. The molecule has 0 bridgehead atoms. The molecule has 0 spiro atoms. The molecule has 0 atom stereocenters. The van der Waals surface area contributed by atoms with E-state index in [0.717, 1.165) is 6.07 Å². The normalized spacial score (nSPS) is 9.89. The molecule has 1 amide bonds. The summed E-state index contributed by atoms with van der Waals surface area (Å²) in [7, 11) is 1.33. The summed E-state index contributed by atoms with van der Waals surface area (Å²) < 4.78 is 6.18. The van der Waals surface area contributed by atoms with Crippen molar-refractivity contribution in [2.24, 2.45) is 0 Å². The van der Waals surface area contributed by atoms with Gasteiger partial charge in [0.15, 0.2) is 5.75 Å². The Kier molecular flexibility index (Phi) is 4.47. The van der Waals surface area contributed by atoms with E-state index in [2.05, 4.69) is 5.32 Å². The van der Waals surface area contributed by atoms with Gasteiger partial charge in [-0.05, 0) is 0 Å². The van der Waals surface area contributed by atoms with Gasteiger partial charge in [-0.1, -0.05) is 0 Å². The predicted octanol–water partition coefficient (Wildman–Crippen LogP) is -0.309. The van der Waals surface area contributed by atoms with Crippen LogP contribution in [0.5, 0.6) is 5.75 Å². The van der Waals surface area contributed by atoms with Gasteiger partial charge in [-0.15, -0.1) is 0 Å². The molecule has 0 aromatic carbocycles. The lowest BCUT2D eigenvalue weighted by Gasteiger charge is -2.12. The van der Waals surface area contributed by atoms with Crippen molar-refractivity contribution in [1.29, 1.82) is 0 Å². The number of carboxylic acid groups (broad SMARTS) is 1. The van der Waals surface area contributed by atoms with Crippen molar-refractivity contribution < 1.29 is 19.4 Å². The standard InChI is InChI=1S/C11H14N2O5/c1-7(14)12-3-4-13-6-10(18-2)9(15)5-8(13)11(16)17/h5-6H,3-4H2,1-2H3,(H,12,14)(H,16,17). The Labute approximate surface area is 103 Å². The lowest BCUT2D eigenvalue weighted by atomic mass is 10.3. The highest BCUT2D eigenvalue weighted by Crippen LogP contribution is 2.06. The van der Waals surface area contributed by atoms with E-state index in [4.69, 9.17) is 9.84 Å². The van der Waals surface area contributed by atoms with Crippen LogP contribution in [0.25, 0.3) is 0 Å². The number of rotatable bonds is 5. The first-order valence-corrected chi connectivity index (χ1v) is 5.22. The molecule has 1 rings (SSSR count). The molecule has 0 aliphatic heterocycles. The van der Waals surface area contributed by atoms with Crippen molar-refractivity contribution >= 4 is 11.9 Å². The van der Waals surface area contributed by atoms with E-state index in [-0.39, 0.29) is 30.4 Å². The third-order valence-corrected chi connectivity index (χ3v) is 2.26. The van der Waals surface area contributed by atoms with Crippen LogP contribution < -0.4 is 15.5 Å². The van der Waals surface area contributed by atoms with Crippen LogP contribution in [0.1, 0.15) is 17.4 Å². The van der Waals surface area contributed by atoms with Gasteiger partial charge in [-0.25, -0.2) is 4.79 Å². The van der Waals surface area contributed by atoms with Crippen molar-refractivity contribution in [3.63, 3.8) is 0 Å². The minimum Gasteiger partial charge on any atom is -0.491 e. The van der Waals surface area contributed by atoms with Crippen molar-refractivity contribution in [1.82, 2.24) is 9.88 Å². The van der Waals surface area contributed by atoms with E-state index in [1.54, 1.807) is 0 Å². The molecule has 1 aromatic heterocycles. The smallest absolute Gasteiger partial charge is 0.352 e. The number of hydrogen-bond acceptors (Lipinski definition) is 4. The number of carbonyl (C=O) groups is 2. The number of nitrogens with zero attached hydrogens (tertiary/aromatic N) is 1. The molecule has 1 aromatic rings. The average Bonchev–Trinajstić information content (AvgIpc) is 2.29. The van der Waals surface area contributed by atoms with E-state index in [1.807, 2.05) is 0 Å². The molecule has 18 heavy (non-hydrogen) atoms. The number of amides is 1. The van der Waals surface area contributed by atoms with Crippen molar-refractivity contribution in [2.45, 2.75) is 13.5 Å². The summed E-state index contributed by atoms with van der Waals surface area (Å²) in [6.07, 6.45) is 1.31. The van der Waals surface area contributed by atoms with Gasteiger partial charge in [0.25, 0.3) is 0 Å². The molecule has 2 N–H and O–H groups in total. The molecule has 7 heteroatoms. The van der Waals surface area contributed by atoms with E-state index < -0.39 is 11.4 Å². The first kappa shape index (κ1) is 13.8. The van der Waals surface area contributed by atoms with E-state index in [0.29, 0.717) is 0 Å². The van der Waals surface area contributed by atoms with Crippen molar-refractivity contribution in [2.75, 3.05) is 13.7 Å². The fraction of sp³-hybridized carbons (Fsp3) is 0.364. The summed E-state index contributed by atoms with van der Waals surface area (Å²) in [6, 6.07) is 0.995.